The Morgan fingerprint density at radius 3 is 2.58 bits per heavy atom. The fourth-order valence-electron chi connectivity index (χ4n) is 3.09. The Hall–Kier alpha value is -1.60. The topological polar surface area (TPSA) is 87.5 Å². The van der Waals surface area contributed by atoms with Crippen molar-refractivity contribution in [3.8, 4) is 0 Å². The summed E-state index contributed by atoms with van der Waals surface area (Å²) in [6, 6.07) is 4.17. The minimum atomic E-state index is -0.704. The van der Waals surface area contributed by atoms with Crippen molar-refractivity contribution in [1.82, 2.24) is 5.32 Å². The number of hydrogen-bond acceptors (Lipinski definition) is 4. The molecule has 1 saturated heterocycles. The summed E-state index contributed by atoms with van der Waals surface area (Å²) in [7, 11) is 0. The number of benzene rings is 1. The molecule has 144 valence electrons. The van der Waals surface area contributed by atoms with Crippen LogP contribution in [-0.4, -0.2) is 43.1 Å². The molecule has 0 aliphatic carbocycles. The maximum Gasteiger partial charge on any atom is 0.312 e. The Morgan fingerprint density at radius 1 is 1.27 bits per heavy atom. The third-order valence-corrected chi connectivity index (χ3v) is 5.29. The normalized spacial score (nSPS) is 15.8. The second kappa shape index (κ2) is 10.5. The number of thioether (sulfide) groups is 1. The Bertz CT molecular complexity index is 621. The third kappa shape index (κ3) is 6.29. The summed E-state index contributed by atoms with van der Waals surface area (Å²) in [6.07, 6.45) is 7.19. The molecule has 0 spiro atoms. The highest BCUT2D eigenvalue weighted by Crippen LogP contribution is 2.31. The van der Waals surface area contributed by atoms with E-state index in [1.165, 1.54) is 12.8 Å². The molecular weight excluding hydrogens is 372 g/mol. The molecule has 1 fully saturated rings. The Morgan fingerprint density at radius 2 is 1.96 bits per heavy atom. The largest absolute Gasteiger partial charge is 0.370 e. The molecule has 1 aromatic carbocycles. The van der Waals surface area contributed by atoms with Gasteiger partial charge in [0.25, 0.3) is 0 Å². The molecule has 0 radical (unpaired) electrons. The van der Waals surface area contributed by atoms with Crippen molar-refractivity contribution < 1.29 is 9.59 Å². The number of halogens is 1. The van der Waals surface area contributed by atoms with Gasteiger partial charge in [-0.05, 0) is 49.5 Å². The van der Waals surface area contributed by atoms with E-state index < -0.39 is 12.1 Å². The minimum absolute atomic E-state index is 0.281. The van der Waals surface area contributed by atoms with Gasteiger partial charge in [-0.1, -0.05) is 24.4 Å². The van der Waals surface area contributed by atoms with Gasteiger partial charge in [0.2, 0.25) is 5.91 Å². The summed E-state index contributed by atoms with van der Waals surface area (Å²) in [4.78, 5) is 26.2. The highest BCUT2D eigenvalue weighted by atomic mass is 35.5. The second-order valence-electron chi connectivity index (χ2n) is 6.39. The number of carbonyl (C=O) groups excluding carboxylic acids is 2. The number of hydrogen-bond donors (Lipinski definition) is 3. The van der Waals surface area contributed by atoms with E-state index in [1.54, 1.807) is 17.8 Å². The van der Waals surface area contributed by atoms with Gasteiger partial charge in [-0.2, -0.15) is 11.8 Å². The zero-order chi connectivity index (χ0) is 18.9. The van der Waals surface area contributed by atoms with Gasteiger partial charge in [0.1, 0.15) is 6.04 Å². The van der Waals surface area contributed by atoms with Crippen LogP contribution in [0.3, 0.4) is 0 Å². The maximum atomic E-state index is 12.7. The first-order valence-electron chi connectivity index (χ1n) is 8.91. The summed E-state index contributed by atoms with van der Waals surface area (Å²) < 4.78 is 0. The summed E-state index contributed by atoms with van der Waals surface area (Å²) in [6.45, 7) is 1.92. The van der Waals surface area contributed by atoms with Crippen molar-refractivity contribution in [2.45, 2.75) is 38.1 Å². The molecular formula is C18H27ClN4O2S. The van der Waals surface area contributed by atoms with Crippen molar-refractivity contribution in [1.29, 1.82) is 0 Å². The predicted octanol–water partition coefficient (Wildman–Crippen LogP) is 3.45. The zero-order valence-electron chi connectivity index (χ0n) is 15.1. The molecule has 8 heteroatoms. The van der Waals surface area contributed by atoms with E-state index >= 15 is 0 Å². The number of nitrogens with one attached hydrogen (secondary N) is 2. The van der Waals surface area contributed by atoms with E-state index in [9.17, 15) is 9.59 Å². The highest BCUT2D eigenvalue weighted by molar-refractivity contribution is 7.98. The second-order valence-corrected chi connectivity index (χ2v) is 7.82. The predicted molar refractivity (Wildman–Crippen MR) is 110 cm³/mol. The molecule has 4 N–H and O–H groups in total. The number of nitrogens with two attached hydrogens (primary N) is 1. The average Bonchev–Trinajstić information content (AvgIpc) is 2.87. The van der Waals surface area contributed by atoms with Gasteiger partial charge in [-0.3, -0.25) is 4.79 Å². The summed E-state index contributed by atoms with van der Waals surface area (Å²) in [5.41, 5.74) is 6.85. The number of rotatable bonds is 7. The molecule has 3 amide bonds. The highest BCUT2D eigenvalue weighted by Gasteiger charge is 2.22. The first kappa shape index (κ1) is 20.7. The zero-order valence-corrected chi connectivity index (χ0v) is 16.7. The number of nitrogens with zero attached hydrogens (tertiary/aromatic N) is 1. The van der Waals surface area contributed by atoms with Crippen LogP contribution in [0.4, 0.5) is 16.2 Å². The van der Waals surface area contributed by atoms with Crippen molar-refractivity contribution in [3.05, 3.63) is 23.2 Å². The summed E-state index contributed by atoms with van der Waals surface area (Å²) >= 11 is 7.77. The first-order chi connectivity index (χ1) is 12.5. The lowest BCUT2D eigenvalue weighted by Gasteiger charge is -2.26. The lowest BCUT2D eigenvalue weighted by atomic mass is 10.2. The quantitative estimate of drug-likeness (QED) is 0.656. The molecule has 0 aromatic heterocycles. The van der Waals surface area contributed by atoms with Gasteiger partial charge in [0, 0.05) is 18.1 Å². The average molecular weight is 399 g/mol. The molecule has 1 unspecified atom stereocenters. The SMILES string of the molecule is CSCCC(NC(N)=O)C(=O)Nc1cc(Cl)ccc1N1CCCCCC1. The molecule has 2 rings (SSSR count). The standard InChI is InChI=1S/C18H27ClN4O2S/c1-26-11-8-14(22-18(20)25)17(24)21-15-12-13(19)6-7-16(15)23-9-4-2-3-5-10-23/h6-7,12,14H,2-5,8-11H2,1H3,(H,21,24)(H3,20,22,25). The Labute approximate surface area is 164 Å². The molecule has 1 aromatic rings. The van der Waals surface area contributed by atoms with Crippen molar-refractivity contribution in [2.24, 2.45) is 5.73 Å². The van der Waals surface area contributed by atoms with E-state index in [-0.39, 0.29) is 5.91 Å². The van der Waals surface area contributed by atoms with Crippen LogP contribution in [-0.2, 0) is 4.79 Å². The minimum Gasteiger partial charge on any atom is -0.370 e. The van der Waals surface area contributed by atoms with E-state index in [0.29, 0.717) is 17.1 Å². The van der Waals surface area contributed by atoms with E-state index in [1.807, 2.05) is 18.4 Å². The summed E-state index contributed by atoms with van der Waals surface area (Å²) in [5.74, 6) is 0.462. The fourth-order valence-corrected chi connectivity index (χ4v) is 3.74. The van der Waals surface area contributed by atoms with Crippen LogP contribution >= 0.6 is 23.4 Å². The van der Waals surface area contributed by atoms with E-state index in [0.717, 1.165) is 37.4 Å². The number of anilines is 2. The van der Waals surface area contributed by atoms with Crippen molar-refractivity contribution in [2.75, 3.05) is 35.3 Å². The van der Waals surface area contributed by atoms with Crippen LogP contribution < -0.4 is 21.3 Å². The molecule has 1 aliphatic rings. The Balaban J connectivity index is 2.18. The van der Waals surface area contributed by atoms with Crippen LogP contribution in [0.2, 0.25) is 5.02 Å². The first-order valence-corrected chi connectivity index (χ1v) is 10.7. The smallest absolute Gasteiger partial charge is 0.312 e. The number of amides is 3. The van der Waals surface area contributed by atoms with E-state index in [4.69, 9.17) is 17.3 Å². The Kier molecular flexibility index (Phi) is 8.38. The lowest BCUT2D eigenvalue weighted by molar-refractivity contribution is -0.117. The van der Waals surface area contributed by atoms with Crippen LogP contribution in [0, 0.1) is 0 Å². The fraction of sp³-hybridized carbons (Fsp3) is 0.556. The van der Waals surface area contributed by atoms with Crippen LogP contribution in [0.5, 0.6) is 0 Å². The number of carbonyl (C=O) groups is 2. The lowest BCUT2D eigenvalue weighted by Crippen LogP contribution is -2.46. The number of urea groups is 1. The van der Waals surface area contributed by atoms with Crippen LogP contribution in [0.25, 0.3) is 0 Å². The molecule has 26 heavy (non-hydrogen) atoms. The molecule has 1 aliphatic heterocycles. The van der Waals surface area contributed by atoms with Gasteiger partial charge < -0.3 is 21.3 Å². The van der Waals surface area contributed by atoms with Gasteiger partial charge in [-0.25, -0.2) is 4.79 Å². The molecule has 0 saturated carbocycles. The molecule has 1 heterocycles. The monoisotopic (exact) mass is 398 g/mol. The third-order valence-electron chi connectivity index (χ3n) is 4.41. The van der Waals surface area contributed by atoms with Crippen LogP contribution in [0.1, 0.15) is 32.1 Å². The van der Waals surface area contributed by atoms with Crippen molar-refractivity contribution in [3.63, 3.8) is 0 Å². The molecule has 0 bridgehead atoms. The number of primary amides is 1. The molecule has 1 atom stereocenters. The van der Waals surface area contributed by atoms with E-state index in [2.05, 4.69) is 15.5 Å². The van der Waals surface area contributed by atoms with Crippen molar-refractivity contribution >= 4 is 46.7 Å². The van der Waals surface area contributed by atoms with Gasteiger partial charge in [0.05, 0.1) is 11.4 Å². The maximum absolute atomic E-state index is 12.7. The molecule has 6 nitrogen and oxygen atoms in total. The van der Waals surface area contributed by atoms with Gasteiger partial charge in [-0.15, -0.1) is 0 Å². The summed E-state index contributed by atoms with van der Waals surface area (Å²) in [5, 5.41) is 6.02. The van der Waals surface area contributed by atoms with Gasteiger partial charge >= 0.3 is 6.03 Å². The van der Waals surface area contributed by atoms with Gasteiger partial charge in [0.15, 0.2) is 0 Å². The van der Waals surface area contributed by atoms with Crippen LogP contribution in [0.15, 0.2) is 18.2 Å².